The van der Waals surface area contributed by atoms with Crippen LogP contribution in [0, 0.1) is 0 Å². The van der Waals surface area contributed by atoms with Crippen molar-refractivity contribution < 1.29 is 29.1 Å². The molecule has 4 atom stereocenters. The molecule has 1 aromatic carbocycles. The first-order valence-corrected chi connectivity index (χ1v) is 15.1. The second kappa shape index (κ2) is 17.6. The van der Waals surface area contributed by atoms with E-state index in [0.717, 1.165) is 10.9 Å². The number of fused-ring (bicyclic) bond motifs is 1. The average Bonchev–Trinajstić information content (AvgIpc) is 3.37. The number of nitrogens with one attached hydrogen (secondary N) is 4. The molecule has 15 nitrogen and oxygen atoms in total. The number of guanidine groups is 1. The van der Waals surface area contributed by atoms with Gasteiger partial charge in [0.2, 0.25) is 23.6 Å². The van der Waals surface area contributed by atoms with E-state index in [-0.39, 0.29) is 44.6 Å². The number of carbonyl (C=O) groups is 5. The summed E-state index contributed by atoms with van der Waals surface area (Å²) in [5, 5.41) is 18.5. The maximum absolute atomic E-state index is 13.4. The first-order valence-electron chi connectivity index (χ1n) is 13.7. The van der Waals surface area contributed by atoms with Crippen LogP contribution < -0.4 is 38.9 Å². The Morgan fingerprint density at radius 3 is 2.19 bits per heavy atom. The third kappa shape index (κ3) is 11.8. The number of rotatable bonds is 19. The van der Waals surface area contributed by atoms with Gasteiger partial charge < -0.3 is 49.0 Å². The van der Waals surface area contributed by atoms with Gasteiger partial charge in [0.05, 0.1) is 6.04 Å². The number of aromatic amines is 1. The zero-order valence-electron chi connectivity index (χ0n) is 24.0. The van der Waals surface area contributed by atoms with Crippen molar-refractivity contribution in [3.63, 3.8) is 0 Å². The number of primary amides is 1. The summed E-state index contributed by atoms with van der Waals surface area (Å²) in [7, 11) is 0. The van der Waals surface area contributed by atoms with Gasteiger partial charge in [-0.15, -0.1) is 0 Å². The summed E-state index contributed by atoms with van der Waals surface area (Å²) in [6, 6.07) is 2.82. The van der Waals surface area contributed by atoms with Crippen molar-refractivity contribution >= 4 is 58.2 Å². The van der Waals surface area contributed by atoms with Gasteiger partial charge in [-0.3, -0.25) is 24.2 Å². The molecule has 43 heavy (non-hydrogen) atoms. The number of hydrogen-bond acceptors (Lipinski definition) is 8. The molecule has 4 amide bonds. The summed E-state index contributed by atoms with van der Waals surface area (Å²) >= 11 is 1.44. The lowest BCUT2D eigenvalue weighted by atomic mass is 10.0. The molecule has 0 aliphatic rings. The number of amides is 4. The highest BCUT2D eigenvalue weighted by atomic mass is 32.2. The molecule has 4 unspecified atom stereocenters. The van der Waals surface area contributed by atoms with E-state index in [1.165, 1.54) is 11.8 Å². The molecule has 16 heteroatoms. The van der Waals surface area contributed by atoms with Crippen molar-refractivity contribution in [1.29, 1.82) is 0 Å². The van der Waals surface area contributed by atoms with Gasteiger partial charge in [-0.05, 0) is 49.3 Å². The molecule has 0 aliphatic heterocycles. The van der Waals surface area contributed by atoms with Gasteiger partial charge >= 0.3 is 5.97 Å². The number of carboxylic acid groups (broad SMARTS) is 1. The highest BCUT2D eigenvalue weighted by molar-refractivity contribution is 7.98. The van der Waals surface area contributed by atoms with Crippen LogP contribution in [-0.2, 0) is 30.4 Å². The van der Waals surface area contributed by atoms with Gasteiger partial charge in [0, 0.05) is 36.5 Å². The van der Waals surface area contributed by atoms with Crippen LogP contribution in [0.1, 0.15) is 37.7 Å². The zero-order valence-corrected chi connectivity index (χ0v) is 24.8. The van der Waals surface area contributed by atoms with Crippen LogP contribution in [-0.4, -0.2) is 88.4 Å². The molecule has 236 valence electrons. The van der Waals surface area contributed by atoms with Gasteiger partial charge in [0.1, 0.15) is 18.1 Å². The number of aromatic nitrogens is 1. The van der Waals surface area contributed by atoms with Crippen molar-refractivity contribution in [2.24, 2.45) is 27.9 Å². The average molecular weight is 620 g/mol. The monoisotopic (exact) mass is 619 g/mol. The van der Waals surface area contributed by atoms with Crippen LogP contribution in [0.5, 0.6) is 0 Å². The van der Waals surface area contributed by atoms with E-state index in [9.17, 15) is 29.1 Å². The maximum Gasteiger partial charge on any atom is 0.326 e. The molecule has 0 spiro atoms. The fraction of sp³-hybridized carbons (Fsp3) is 0.481. The molecule has 0 saturated carbocycles. The van der Waals surface area contributed by atoms with Gasteiger partial charge in [-0.2, -0.15) is 11.8 Å². The fourth-order valence-electron chi connectivity index (χ4n) is 4.25. The number of carbonyl (C=O) groups excluding carboxylic acids is 4. The minimum absolute atomic E-state index is 0.0148. The first-order chi connectivity index (χ1) is 20.4. The van der Waals surface area contributed by atoms with Gasteiger partial charge in [0.15, 0.2) is 5.96 Å². The number of nitrogens with two attached hydrogens (primary N) is 4. The molecule has 2 aromatic rings. The quantitative estimate of drug-likeness (QED) is 0.0506. The van der Waals surface area contributed by atoms with Crippen molar-refractivity contribution in [3.05, 3.63) is 36.0 Å². The number of carboxylic acids is 1. The van der Waals surface area contributed by atoms with E-state index in [1.54, 1.807) is 6.20 Å². The number of benzene rings is 1. The molecule has 1 heterocycles. The first kappa shape index (κ1) is 34.9. The van der Waals surface area contributed by atoms with Crippen molar-refractivity contribution in [2.45, 2.75) is 62.7 Å². The van der Waals surface area contributed by atoms with E-state index in [0.29, 0.717) is 17.7 Å². The fourth-order valence-corrected chi connectivity index (χ4v) is 4.72. The Morgan fingerprint density at radius 1 is 0.930 bits per heavy atom. The standard InChI is InChI=1S/C27H41N9O6S/c1-43-12-10-20(25(40)36-21(26(41)42)13-15-14-33-18-6-3-2-5-16(15)18)35-24(39)19(7-4-11-32-27(30)31)34-23(38)17(28)8-9-22(29)37/h2-3,5-6,14,17,19-21,33H,4,7-13,28H2,1H3,(H2,29,37)(H,34,38)(H,35,39)(H,36,40)(H,41,42)(H4,30,31,32). The van der Waals surface area contributed by atoms with Crippen LogP contribution in [0.2, 0.25) is 0 Å². The maximum atomic E-state index is 13.4. The zero-order chi connectivity index (χ0) is 31.9. The van der Waals surface area contributed by atoms with E-state index in [4.69, 9.17) is 22.9 Å². The lowest BCUT2D eigenvalue weighted by molar-refractivity contribution is -0.142. The molecule has 0 aliphatic carbocycles. The number of para-hydroxylation sites is 1. The van der Waals surface area contributed by atoms with Crippen molar-refractivity contribution in [1.82, 2.24) is 20.9 Å². The minimum atomic E-state index is -1.27. The SMILES string of the molecule is CSCCC(NC(=O)C(CCCN=C(N)N)NC(=O)C(N)CCC(N)=O)C(=O)NC(Cc1c[nH]c2ccccc12)C(=O)O. The molecular weight excluding hydrogens is 578 g/mol. The lowest BCUT2D eigenvalue weighted by Gasteiger charge is -2.25. The highest BCUT2D eigenvalue weighted by Gasteiger charge is 2.30. The molecule has 0 saturated heterocycles. The second-order valence-corrected chi connectivity index (χ2v) is 10.9. The number of nitrogens with zero attached hydrogens (tertiary/aromatic N) is 1. The highest BCUT2D eigenvalue weighted by Crippen LogP contribution is 2.19. The van der Waals surface area contributed by atoms with Crippen LogP contribution in [0.15, 0.2) is 35.5 Å². The van der Waals surface area contributed by atoms with E-state index >= 15 is 0 Å². The molecule has 0 radical (unpaired) electrons. The molecule has 0 fully saturated rings. The van der Waals surface area contributed by atoms with Crippen molar-refractivity contribution in [2.75, 3.05) is 18.6 Å². The Labute approximate surface area is 253 Å². The predicted molar refractivity (Wildman–Crippen MR) is 165 cm³/mol. The number of aliphatic imine (C=N–C) groups is 1. The van der Waals surface area contributed by atoms with Gasteiger partial charge in [0.25, 0.3) is 0 Å². The summed E-state index contributed by atoms with van der Waals surface area (Å²) in [5.74, 6) is -3.54. The second-order valence-electron chi connectivity index (χ2n) is 9.93. The topological polar surface area (TPSA) is 274 Å². The third-order valence-electron chi connectivity index (χ3n) is 6.57. The smallest absolute Gasteiger partial charge is 0.326 e. The Hall–Kier alpha value is -4.31. The van der Waals surface area contributed by atoms with Crippen LogP contribution >= 0.6 is 11.8 Å². The molecule has 1 aromatic heterocycles. The largest absolute Gasteiger partial charge is 0.480 e. The predicted octanol–water partition coefficient (Wildman–Crippen LogP) is -1.35. The van der Waals surface area contributed by atoms with Gasteiger partial charge in [-0.25, -0.2) is 4.79 Å². The van der Waals surface area contributed by atoms with Crippen LogP contribution in [0.4, 0.5) is 0 Å². The van der Waals surface area contributed by atoms with Crippen molar-refractivity contribution in [3.8, 4) is 0 Å². The van der Waals surface area contributed by atoms with E-state index in [2.05, 4.69) is 25.9 Å². The van der Waals surface area contributed by atoms with E-state index < -0.39 is 53.8 Å². The molecule has 13 N–H and O–H groups in total. The Kier molecular flexibility index (Phi) is 14.3. The summed E-state index contributed by atoms with van der Waals surface area (Å²) in [6.07, 6.45) is 4.01. The Balaban J connectivity index is 2.17. The number of aliphatic carboxylic acids is 1. The minimum Gasteiger partial charge on any atom is -0.480 e. The summed E-state index contributed by atoms with van der Waals surface area (Å²) < 4.78 is 0. The number of hydrogen-bond donors (Lipinski definition) is 9. The number of thioether (sulfide) groups is 1. The lowest BCUT2D eigenvalue weighted by Crippen LogP contribution is -2.57. The third-order valence-corrected chi connectivity index (χ3v) is 7.22. The Bertz CT molecular complexity index is 1300. The summed E-state index contributed by atoms with van der Waals surface area (Å²) in [6.45, 7) is 0.181. The van der Waals surface area contributed by atoms with Crippen LogP contribution in [0.3, 0.4) is 0 Å². The molecular formula is C27H41N9O6S. The Morgan fingerprint density at radius 2 is 1.56 bits per heavy atom. The molecule has 2 rings (SSSR count). The van der Waals surface area contributed by atoms with Crippen LogP contribution in [0.25, 0.3) is 10.9 Å². The summed E-state index contributed by atoms with van der Waals surface area (Å²) in [5.41, 5.74) is 23.3. The normalized spacial score (nSPS) is 13.7. The summed E-state index contributed by atoms with van der Waals surface area (Å²) in [4.78, 5) is 69.5. The van der Waals surface area contributed by atoms with E-state index in [1.807, 2.05) is 30.5 Å². The number of H-pyrrole nitrogens is 1. The molecule has 0 bridgehead atoms. The van der Waals surface area contributed by atoms with Gasteiger partial charge in [-0.1, -0.05) is 18.2 Å².